The predicted octanol–water partition coefficient (Wildman–Crippen LogP) is 2.83. The number of likely N-dealkylation sites (N-methyl/N-ethyl adjacent to an activating group) is 1. The van der Waals surface area contributed by atoms with Gasteiger partial charge in [-0.3, -0.25) is 0 Å². The largest absolute Gasteiger partial charge is 0.391 e. The normalized spacial score (nSPS) is 14.1. The van der Waals surface area contributed by atoms with Crippen LogP contribution in [0.15, 0.2) is 22.7 Å². The van der Waals surface area contributed by atoms with Crippen molar-refractivity contribution in [2.24, 2.45) is 0 Å². The summed E-state index contributed by atoms with van der Waals surface area (Å²) in [7, 11) is 3.81. The fourth-order valence-electron chi connectivity index (χ4n) is 1.44. The summed E-state index contributed by atoms with van der Waals surface area (Å²) in [6.07, 6.45) is -0.308. The minimum atomic E-state index is -0.617. The van der Waals surface area contributed by atoms with Crippen molar-refractivity contribution < 1.29 is 9.50 Å². The van der Waals surface area contributed by atoms with Gasteiger partial charge in [-0.15, -0.1) is 0 Å². The van der Waals surface area contributed by atoms with Gasteiger partial charge in [0.1, 0.15) is 5.82 Å². The number of rotatable bonds is 4. The lowest BCUT2D eigenvalue weighted by Crippen LogP contribution is -2.49. The predicted molar refractivity (Wildman–Crippen MR) is 71.6 cm³/mol. The standard InChI is InChI=1S/C13H19BrFNO/c1-13(2,16(3)4)12(17)7-9-5-6-10(14)8-11(9)15/h5-6,8,12,17H,7H2,1-4H3. The van der Waals surface area contributed by atoms with Crippen molar-refractivity contribution in [3.63, 3.8) is 0 Å². The molecule has 0 aliphatic rings. The second-order valence-electron chi connectivity index (χ2n) is 5.00. The van der Waals surface area contributed by atoms with Crippen LogP contribution in [-0.2, 0) is 6.42 Å². The molecule has 1 aromatic carbocycles. The minimum Gasteiger partial charge on any atom is -0.391 e. The van der Waals surface area contributed by atoms with Gasteiger partial charge in [0.25, 0.3) is 0 Å². The summed E-state index contributed by atoms with van der Waals surface area (Å²) in [5, 5.41) is 10.2. The van der Waals surface area contributed by atoms with Gasteiger partial charge in [-0.25, -0.2) is 4.39 Å². The highest BCUT2D eigenvalue weighted by Gasteiger charge is 2.30. The quantitative estimate of drug-likeness (QED) is 0.924. The van der Waals surface area contributed by atoms with Crippen LogP contribution < -0.4 is 0 Å². The molecule has 0 radical (unpaired) electrons. The average molecular weight is 304 g/mol. The summed E-state index contributed by atoms with van der Waals surface area (Å²) in [5.41, 5.74) is 0.148. The molecule has 0 fully saturated rings. The van der Waals surface area contributed by atoms with Gasteiger partial charge in [0.05, 0.1) is 6.10 Å². The van der Waals surface area contributed by atoms with Crippen molar-refractivity contribution in [2.45, 2.75) is 31.9 Å². The second kappa shape index (κ2) is 5.46. The molecule has 1 N–H and O–H groups in total. The lowest BCUT2D eigenvalue weighted by Gasteiger charge is -2.37. The Morgan fingerprint density at radius 1 is 1.41 bits per heavy atom. The van der Waals surface area contributed by atoms with E-state index in [0.717, 1.165) is 0 Å². The van der Waals surface area contributed by atoms with E-state index in [1.807, 2.05) is 32.8 Å². The Labute approximate surface area is 111 Å². The number of benzene rings is 1. The number of aliphatic hydroxyl groups excluding tert-OH is 1. The molecule has 1 aromatic rings. The van der Waals surface area contributed by atoms with E-state index in [0.29, 0.717) is 16.5 Å². The number of hydrogen-bond donors (Lipinski definition) is 1. The van der Waals surface area contributed by atoms with Gasteiger partial charge in [-0.1, -0.05) is 22.0 Å². The first-order valence-corrected chi connectivity index (χ1v) is 6.34. The summed E-state index contributed by atoms with van der Waals surface area (Å²) >= 11 is 3.21. The van der Waals surface area contributed by atoms with Crippen molar-refractivity contribution in [2.75, 3.05) is 14.1 Å². The summed E-state index contributed by atoms with van der Waals surface area (Å²) < 4.78 is 14.4. The molecular formula is C13H19BrFNO. The van der Waals surface area contributed by atoms with Crippen LogP contribution in [0.3, 0.4) is 0 Å². The van der Waals surface area contributed by atoms with Gasteiger partial charge >= 0.3 is 0 Å². The Kier molecular flexibility index (Phi) is 4.69. The van der Waals surface area contributed by atoms with Crippen LogP contribution in [0.5, 0.6) is 0 Å². The lowest BCUT2D eigenvalue weighted by atomic mass is 9.90. The third kappa shape index (κ3) is 3.50. The lowest BCUT2D eigenvalue weighted by molar-refractivity contribution is 0.0178. The summed E-state index contributed by atoms with van der Waals surface area (Å²) in [5.74, 6) is -0.284. The Hall–Kier alpha value is -0.450. The van der Waals surface area contributed by atoms with Crippen molar-refractivity contribution in [1.82, 2.24) is 4.90 Å². The van der Waals surface area contributed by atoms with E-state index >= 15 is 0 Å². The molecule has 4 heteroatoms. The first-order valence-electron chi connectivity index (χ1n) is 5.54. The van der Waals surface area contributed by atoms with Gasteiger partial charge in [-0.05, 0) is 45.6 Å². The fraction of sp³-hybridized carbons (Fsp3) is 0.538. The number of aliphatic hydroxyl groups is 1. The molecule has 0 heterocycles. The molecule has 0 bridgehead atoms. The van der Waals surface area contributed by atoms with Crippen LogP contribution in [0.2, 0.25) is 0 Å². The third-order valence-corrected chi connectivity index (χ3v) is 3.89. The van der Waals surface area contributed by atoms with E-state index in [4.69, 9.17) is 0 Å². The Bertz CT molecular complexity index is 393. The first-order chi connectivity index (χ1) is 7.75. The molecule has 1 unspecified atom stereocenters. The van der Waals surface area contributed by atoms with Crippen molar-refractivity contribution in [1.29, 1.82) is 0 Å². The van der Waals surface area contributed by atoms with E-state index in [2.05, 4.69) is 15.9 Å². The Morgan fingerprint density at radius 2 is 2.00 bits per heavy atom. The van der Waals surface area contributed by atoms with Crippen LogP contribution in [-0.4, -0.2) is 35.7 Å². The summed E-state index contributed by atoms with van der Waals surface area (Å²) in [6.45, 7) is 3.88. The highest BCUT2D eigenvalue weighted by atomic mass is 79.9. The smallest absolute Gasteiger partial charge is 0.127 e. The third-order valence-electron chi connectivity index (χ3n) is 3.40. The topological polar surface area (TPSA) is 23.5 Å². The molecule has 0 aliphatic carbocycles. The van der Waals surface area contributed by atoms with Gasteiger partial charge in [0.15, 0.2) is 0 Å². The van der Waals surface area contributed by atoms with Gasteiger partial charge in [0.2, 0.25) is 0 Å². The van der Waals surface area contributed by atoms with Gasteiger partial charge < -0.3 is 10.0 Å². The highest BCUT2D eigenvalue weighted by molar-refractivity contribution is 9.10. The molecule has 17 heavy (non-hydrogen) atoms. The SMILES string of the molecule is CN(C)C(C)(C)C(O)Cc1ccc(Br)cc1F. The summed E-state index contributed by atoms with van der Waals surface area (Å²) in [6, 6.07) is 4.91. The van der Waals surface area contributed by atoms with Gasteiger partial charge in [-0.2, -0.15) is 0 Å². The molecule has 0 aliphatic heterocycles. The molecule has 96 valence electrons. The zero-order chi connectivity index (χ0) is 13.2. The van der Waals surface area contributed by atoms with E-state index in [1.165, 1.54) is 6.07 Å². The average Bonchev–Trinajstić information content (AvgIpc) is 2.21. The molecule has 0 amide bonds. The maximum absolute atomic E-state index is 13.6. The van der Waals surface area contributed by atoms with Crippen LogP contribution in [0.4, 0.5) is 4.39 Å². The van der Waals surface area contributed by atoms with Crippen LogP contribution in [0, 0.1) is 5.82 Å². The number of halogens is 2. The van der Waals surface area contributed by atoms with Crippen LogP contribution in [0.25, 0.3) is 0 Å². The molecule has 2 nitrogen and oxygen atoms in total. The molecule has 0 spiro atoms. The second-order valence-corrected chi connectivity index (χ2v) is 5.92. The van der Waals surface area contributed by atoms with Crippen LogP contribution in [0.1, 0.15) is 19.4 Å². The molecule has 1 atom stereocenters. The van der Waals surface area contributed by atoms with Gasteiger partial charge in [0, 0.05) is 16.4 Å². The monoisotopic (exact) mass is 303 g/mol. The van der Waals surface area contributed by atoms with Crippen LogP contribution >= 0.6 is 15.9 Å². The number of nitrogens with zero attached hydrogens (tertiary/aromatic N) is 1. The molecule has 0 saturated carbocycles. The Morgan fingerprint density at radius 3 is 2.47 bits per heavy atom. The maximum Gasteiger partial charge on any atom is 0.127 e. The molecule has 0 saturated heterocycles. The molecular weight excluding hydrogens is 285 g/mol. The minimum absolute atomic E-state index is 0.284. The highest BCUT2D eigenvalue weighted by Crippen LogP contribution is 2.22. The number of hydrogen-bond acceptors (Lipinski definition) is 2. The fourth-order valence-corrected chi connectivity index (χ4v) is 1.78. The van der Waals surface area contributed by atoms with E-state index < -0.39 is 6.10 Å². The van der Waals surface area contributed by atoms with Crippen molar-refractivity contribution >= 4 is 15.9 Å². The van der Waals surface area contributed by atoms with Crippen molar-refractivity contribution in [3.05, 3.63) is 34.1 Å². The molecule has 0 aromatic heterocycles. The summed E-state index contributed by atoms with van der Waals surface area (Å²) in [4.78, 5) is 1.94. The van der Waals surface area contributed by atoms with Crippen molar-refractivity contribution in [3.8, 4) is 0 Å². The van der Waals surface area contributed by atoms with E-state index in [-0.39, 0.29) is 11.4 Å². The Balaban J connectivity index is 2.84. The molecule has 1 rings (SSSR count). The first kappa shape index (κ1) is 14.6. The van der Waals surface area contributed by atoms with E-state index in [9.17, 15) is 9.50 Å². The van der Waals surface area contributed by atoms with E-state index in [1.54, 1.807) is 12.1 Å². The maximum atomic E-state index is 13.6. The zero-order valence-corrected chi connectivity index (χ0v) is 12.3. The zero-order valence-electron chi connectivity index (χ0n) is 10.7.